The molecule has 0 fully saturated rings. The Morgan fingerprint density at radius 3 is 2.95 bits per heavy atom. The van der Waals surface area contributed by atoms with E-state index in [9.17, 15) is 9.59 Å². The van der Waals surface area contributed by atoms with Gasteiger partial charge < -0.3 is 15.0 Å². The molecule has 7 nitrogen and oxygen atoms in total. The van der Waals surface area contributed by atoms with Crippen molar-refractivity contribution in [3.63, 3.8) is 0 Å². The maximum atomic E-state index is 12.3. The second kappa shape index (κ2) is 7.40. The number of methoxy groups -OCH3 is 1. The molecule has 2 rings (SSSR count). The van der Waals surface area contributed by atoms with E-state index in [1.54, 1.807) is 6.20 Å². The van der Waals surface area contributed by atoms with Crippen molar-refractivity contribution in [3.8, 4) is 0 Å². The number of hydrogen-bond acceptors (Lipinski definition) is 4. The Kier molecular flexibility index (Phi) is 5.54. The second-order valence-corrected chi connectivity index (χ2v) is 6.03. The van der Waals surface area contributed by atoms with Crippen molar-refractivity contribution in [1.82, 2.24) is 20.0 Å². The maximum Gasteiger partial charge on any atom is 0.246 e. The quantitative estimate of drug-likeness (QED) is 0.834. The van der Waals surface area contributed by atoms with E-state index in [0.717, 1.165) is 5.69 Å². The molecular weight excluding hydrogens is 284 g/mol. The number of ether oxygens (including phenoxy) is 1. The minimum atomic E-state index is -0.165. The molecule has 2 amide bonds. The van der Waals surface area contributed by atoms with Gasteiger partial charge in [-0.25, -0.2) is 0 Å². The summed E-state index contributed by atoms with van der Waals surface area (Å²) in [5, 5.41) is 7.13. The van der Waals surface area contributed by atoms with Crippen LogP contribution >= 0.6 is 0 Å². The van der Waals surface area contributed by atoms with Gasteiger partial charge in [0.15, 0.2) is 0 Å². The Bertz CT molecular complexity index is 527. The molecule has 1 aromatic rings. The molecule has 2 heterocycles. The van der Waals surface area contributed by atoms with Gasteiger partial charge in [0.25, 0.3) is 0 Å². The van der Waals surface area contributed by atoms with Crippen LogP contribution in [0.4, 0.5) is 0 Å². The van der Waals surface area contributed by atoms with Crippen molar-refractivity contribution in [1.29, 1.82) is 0 Å². The highest BCUT2D eigenvalue weighted by Crippen LogP contribution is 2.21. The van der Waals surface area contributed by atoms with Gasteiger partial charge in [0, 0.05) is 32.8 Å². The highest BCUT2D eigenvalue weighted by molar-refractivity contribution is 5.77. The number of carbonyl (C=O) groups is 2. The SMILES string of the molecule is COCC(=O)NC[C@H]1CN(C(=O)CC(C)C)Cc2ccnn21. The van der Waals surface area contributed by atoms with Crippen molar-refractivity contribution in [2.24, 2.45) is 5.92 Å². The summed E-state index contributed by atoms with van der Waals surface area (Å²) in [5.41, 5.74) is 0.995. The van der Waals surface area contributed by atoms with E-state index in [1.807, 2.05) is 29.5 Å². The smallest absolute Gasteiger partial charge is 0.246 e. The third-order valence-corrected chi connectivity index (χ3v) is 3.63. The zero-order valence-corrected chi connectivity index (χ0v) is 13.4. The van der Waals surface area contributed by atoms with Gasteiger partial charge in [0.1, 0.15) is 6.61 Å². The van der Waals surface area contributed by atoms with Crippen LogP contribution in [0.2, 0.25) is 0 Å². The van der Waals surface area contributed by atoms with Gasteiger partial charge in [0.05, 0.1) is 18.3 Å². The fraction of sp³-hybridized carbons (Fsp3) is 0.667. The number of nitrogens with one attached hydrogen (secondary N) is 1. The highest BCUT2D eigenvalue weighted by atomic mass is 16.5. The first-order valence-electron chi connectivity index (χ1n) is 7.57. The summed E-state index contributed by atoms with van der Waals surface area (Å²) in [5.74, 6) is 0.316. The van der Waals surface area contributed by atoms with Crippen LogP contribution in [0.5, 0.6) is 0 Å². The first-order valence-corrected chi connectivity index (χ1v) is 7.57. The molecule has 1 aromatic heterocycles. The third kappa shape index (κ3) is 4.07. The molecule has 0 radical (unpaired) electrons. The number of aromatic nitrogens is 2. The van der Waals surface area contributed by atoms with Crippen LogP contribution in [0.15, 0.2) is 12.3 Å². The van der Waals surface area contributed by atoms with Gasteiger partial charge in [-0.05, 0) is 12.0 Å². The fourth-order valence-corrected chi connectivity index (χ4v) is 2.62. The van der Waals surface area contributed by atoms with Gasteiger partial charge in [-0.3, -0.25) is 14.3 Å². The molecule has 22 heavy (non-hydrogen) atoms. The largest absolute Gasteiger partial charge is 0.375 e. The summed E-state index contributed by atoms with van der Waals surface area (Å²) in [6, 6.07) is 1.87. The summed E-state index contributed by atoms with van der Waals surface area (Å²) >= 11 is 0. The average molecular weight is 308 g/mol. The Morgan fingerprint density at radius 1 is 1.50 bits per heavy atom. The third-order valence-electron chi connectivity index (χ3n) is 3.63. The summed E-state index contributed by atoms with van der Waals surface area (Å²) in [7, 11) is 1.48. The first-order chi connectivity index (χ1) is 10.5. The number of carbonyl (C=O) groups excluding carboxylic acids is 2. The van der Waals surface area contributed by atoms with Gasteiger partial charge in [0.2, 0.25) is 11.8 Å². The zero-order chi connectivity index (χ0) is 16.1. The molecule has 7 heteroatoms. The molecule has 0 saturated carbocycles. The summed E-state index contributed by atoms with van der Waals surface area (Å²) < 4.78 is 6.70. The first kappa shape index (κ1) is 16.5. The van der Waals surface area contributed by atoms with Crippen LogP contribution in [0.1, 0.15) is 32.0 Å². The lowest BCUT2D eigenvalue weighted by Crippen LogP contribution is -2.45. The van der Waals surface area contributed by atoms with Crippen molar-refractivity contribution in [3.05, 3.63) is 18.0 Å². The van der Waals surface area contributed by atoms with Crippen LogP contribution in [-0.4, -0.2) is 53.3 Å². The Hall–Kier alpha value is -1.89. The topological polar surface area (TPSA) is 76.5 Å². The molecule has 0 saturated heterocycles. The Balaban J connectivity index is 2.03. The van der Waals surface area contributed by atoms with E-state index >= 15 is 0 Å². The molecule has 1 aliphatic heterocycles. The number of rotatable bonds is 6. The van der Waals surface area contributed by atoms with E-state index in [4.69, 9.17) is 4.74 Å². The molecule has 1 aliphatic rings. The van der Waals surface area contributed by atoms with E-state index in [0.29, 0.717) is 32.0 Å². The van der Waals surface area contributed by atoms with Gasteiger partial charge >= 0.3 is 0 Å². The summed E-state index contributed by atoms with van der Waals surface area (Å²) in [6.45, 7) is 5.68. The predicted molar refractivity (Wildman–Crippen MR) is 81.0 cm³/mol. The van der Waals surface area contributed by atoms with Crippen LogP contribution in [-0.2, 0) is 20.9 Å². The normalized spacial score (nSPS) is 17.5. The summed E-state index contributed by atoms with van der Waals surface area (Å²) in [6.07, 6.45) is 2.27. The minimum Gasteiger partial charge on any atom is -0.375 e. The standard InChI is InChI=1S/C15H24N4O3/c1-11(2)6-15(21)18-8-12-4-5-17-19(12)13(9-18)7-16-14(20)10-22-3/h4-5,11,13H,6-10H2,1-3H3,(H,16,20)/t13-/m0/s1. The maximum absolute atomic E-state index is 12.3. The van der Waals surface area contributed by atoms with E-state index in [-0.39, 0.29) is 24.5 Å². The van der Waals surface area contributed by atoms with Crippen molar-refractivity contribution in [2.45, 2.75) is 32.9 Å². The van der Waals surface area contributed by atoms with Gasteiger partial charge in [-0.1, -0.05) is 13.8 Å². The molecule has 1 N–H and O–H groups in total. The lowest BCUT2D eigenvalue weighted by molar-refractivity contribution is -0.134. The number of amides is 2. The van der Waals surface area contributed by atoms with Gasteiger partial charge in [-0.15, -0.1) is 0 Å². The van der Waals surface area contributed by atoms with Crippen molar-refractivity contribution >= 4 is 11.8 Å². The van der Waals surface area contributed by atoms with E-state index in [2.05, 4.69) is 10.4 Å². The molecule has 0 aliphatic carbocycles. The molecular formula is C15H24N4O3. The van der Waals surface area contributed by atoms with Crippen LogP contribution in [0.3, 0.4) is 0 Å². The second-order valence-electron chi connectivity index (χ2n) is 6.03. The number of hydrogen-bond donors (Lipinski definition) is 1. The molecule has 0 spiro atoms. The molecule has 0 unspecified atom stereocenters. The summed E-state index contributed by atoms with van der Waals surface area (Å²) in [4.78, 5) is 25.7. The number of fused-ring (bicyclic) bond motifs is 1. The van der Waals surface area contributed by atoms with Crippen LogP contribution in [0.25, 0.3) is 0 Å². The molecule has 0 aromatic carbocycles. The number of nitrogens with zero attached hydrogens (tertiary/aromatic N) is 3. The lowest BCUT2D eigenvalue weighted by Gasteiger charge is -2.34. The molecule has 1 atom stereocenters. The predicted octanol–water partition coefficient (Wildman–Crippen LogP) is 0.575. The highest BCUT2D eigenvalue weighted by Gasteiger charge is 2.28. The minimum absolute atomic E-state index is 0.0364. The Morgan fingerprint density at radius 2 is 2.27 bits per heavy atom. The van der Waals surface area contributed by atoms with E-state index < -0.39 is 0 Å². The lowest BCUT2D eigenvalue weighted by atomic mass is 10.1. The molecule has 0 bridgehead atoms. The van der Waals surface area contributed by atoms with E-state index in [1.165, 1.54) is 7.11 Å². The average Bonchev–Trinajstić information content (AvgIpc) is 2.92. The van der Waals surface area contributed by atoms with Gasteiger partial charge in [-0.2, -0.15) is 5.10 Å². The monoisotopic (exact) mass is 308 g/mol. The fourth-order valence-electron chi connectivity index (χ4n) is 2.62. The zero-order valence-electron chi connectivity index (χ0n) is 13.4. The Labute approximate surface area is 130 Å². The van der Waals surface area contributed by atoms with Crippen molar-refractivity contribution < 1.29 is 14.3 Å². The molecule has 122 valence electrons. The van der Waals surface area contributed by atoms with Crippen LogP contribution < -0.4 is 5.32 Å². The van der Waals surface area contributed by atoms with Crippen LogP contribution in [0, 0.1) is 5.92 Å². The van der Waals surface area contributed by atoms with Crippen molar-refractivity contribution in [2.75, 3.05) is 26.8 Å².